The van der Waals surface area contributed by atoms with Gasteiger partial charge in [0.1, 0.15) is 11.5 Å². The van der Waals surface area contributed by atoms with Gasteiger partial charge in [-0.2, -0.15) is 0 Å². The normalized spacial score (nSPS) is 15.1. The molecule has 292 valence electrons. The summed E-state index contributed by atoms with van der Waals surface area (Å²) in [5.41, 5.74) is 16.7. The van der Waals surface area contributed by atoms with Crippen LogP contribution in [0.2, 0.25) is 0 Å². The highest BCUT2D eigenvalue weighted by molar-refractivity contribution is 7.26. The van der Waals surface area contributed by atoms with Crippen LogP contribution in [0.1, 0.15) is 60.5 Å². The van der Waals surface area contributed by atoms with E-state index >= 15 is 0 Å². The zero-order valence-corrected chi connectivity index (χ0v) is 35.7. The summed E-state index contributed by atoms with van der Waals surface area (Å²) < 4.78 is 12.1. The molecule has 3 aliphatic rings. The van der Waals surface area contributed by atoms with Crippen molar-refractivity contribution in [2.75, 3.05) is 4.90 Å². The van der Waals surface area contributed by atoms with Crippen LogP contribution < -0.4 is 4.90 Å². The van der Waals surface area contributed by atoms with Crippen LogP contribution >= 0.6 is 22.7 Å². The van der Waals surface area contributed by atoms with E-state index in [0.717, 1.165) is 54.3 Å². The largest absolute Gasteiger partial charge is 0.456 e. The SMILES string of the molecule is CC1(C)C2=C(c3ccc(N(c4ccc(-c5cccc6c5sc5ccccc56)cc4)c4ccc(-c5cccc6c5sc5ccccc56)cc4)cc31)c1oc3c(c1CC2)CCC=C3. The maximum Gasteiger partial charge on any atom is 0.138 e. The van der Waals surface area contributed by atoms with Crippen LogP contribution in [-0.2, 0) is 18.3 Å². The number of hydrogen-bond acceptors (Lipinski definition) is 4. The van der Waals surface area contributed by atoms with Gasteiger partial charge in [-0.3, -0.25) is 0 Å². The molecule has 13 rings (SSSR count). The van der Waals surface area contributed by atoms with Gasteiger partial charge in [0.15, 0.2) is 0 Å². The molecule has 61 heavy (non-hydrogen) atoms. The Morgan fingerprint density at radius 1 is 0.525 bits per heavy atom. The summed E-state index contributed by atoms with van der Waals surface area (Å²) >= 11 is 3.78. The molecule has 3 aliphatic carbocycles. The number of furan rings is 1. The third kappa shape index (κ3) is 5.25. The quantitative estimate of drug-likeness (QED) is 0.172. The van der Waals surface area contributed by atoms with Crippen LogP contribution in [0.4, 0.5) is 17.1 Å². The second-order valence-corrected chi connectivity index (χ2v) is 19.5. The van der Waals surface area contributed by atoms with Crippen molar-refractivity contribution in [3.63, 3.8) is 0 Å². The summed E-state index contributed by atoms with van der Waals surface area (Å²) in [6, 6.07) is 56.7. The predicted molar refractivity (Wildman–Crippen MR) is 261 cm³/mol. The standard InChI is InChI=1S/C57H41NOS2/c1-57(2)48-32-31-44-41-11-3-6-18-50(41)59-54(44)53(48)47-30-29-38(33-49(47)57)58(36-25-21-34(22-26-36)39-14-9-16-45-42-12-4-7-19-51(42)60-55(39)45)37-27-23-35(24-28-37)40-15-10-17-46-43-13-5-8-20-52(43)61-56(40)46/h4-10,12-30,33H,3,11,31-32H2,1-2H3. The Kier molecular flexibility index (Phi) is 7.68. The Bertz CT molecular complexity index is 3340. The number of nitrogens with zero attached hydrogens (tertiary/aromatic N) is 1. The summed E-state index contributed by atoms with van der Waals surface area (Å²) in [4.78, 5) is 2.45. The van der Waals surface area contributed by atoms with E-state index < -0.39 is 0 Å². The molecule has 0 spiro atoms. The van der Waals surface area contributed by atoms with Crippen molar-refractivity contribution in [3.05, 3.63) is 197 Å². The molecule has 10 aromatic rings. The van der Waals surface area contributed by atoms with E-state index in [2.05, 4.69) is 183 Å². The fraction of sp³-hybridized carbons (Fsp3) is 0.123. The van der Waals surface area contributed by atoms with Crippen LogP contribution in [0, 0.1) is 0 Å². The van der Waals surface area contributed by atoms with Gasteiger partial charge in [-0.1, -0.05) is 123 Å². The maximum atomic E-state index is 6.74. The minimum absolute atomic E-state index is 0.118. The predicted octanol–water partition coefficient (Wildman–Crippen LogP) is 16.8. The molecule has 0 amide bonds. The summed E-state index contributed by atoms with van der Waals surface area (Å²) in [6.45, 7) is 4.84. The van der Waals surface area contributed by atoms with Crippen LogP contribution in [0.15, 0.2) is 168 Å². The number of anilines is 3. The van der Waals surface area contributed by atoms with Gasteiger partial charge in [-0.05, 0) is 119 Å². The second kappa shape index (κ2) is 13.3. The summed E-state index contributed by atoms with van der Waals surface area (Å²) in [5.74, 6) is 2.18. The van der Waals surface area contributed by atoms with Crippen molar-refractivity contribution >= 4 is 91.7 Å². The van der Waals surface area contributed by atoms with Crippen molar-refractivity contribution in [1.82, 2.24) is 0 Å². The molecule has 0 saturated heterocycles. The second-order valence-electron chi connectivity index (χ2n) is 17.4. The van der Waals surface area contributed by atoms with Gasteiger partial charge in [0, 0.05) is 79.5 Å². The fourth-order valence-corrected chi connectivity index (χ4v) is 13.3. The van der Waals surface area contributed by atoms with E-state index in [1.165, 1.54) is 96.0 Å². The average molecular weight is 820 g/mol. The zero-order valence-electron chi connectivity index (χ0n) is 34.1. The monoisotopic (exact) mass is 819 g/mol. The van der Waals surface area contributed by atoms with E-state index in [-0.39, 0.29) is 5.41 Å². The molecule has 3 aromatic heterocycles. The summed E-state index contributed by atoms with van der Waals surface area (Å²) in [7, 11) is 0. The molecule has 0 radical (unpaired) electrons. The summed E-state index contributed by atoms with van der Waals surface area (Å²) in [5, 5.41) is 5.31. The van der Waals surface area contributed by atoms with Crippen molar-refractivity contribution in [1.29, 1.82) is 0 Å². The van der Waals surface area contributed by atoms with E-state index in [1.807, 2.05) is 22.7 Å². The lowest BCUT2D eigenvalue weighted by Crippen LogP contribution is -2.20. The topological polar surface area (TPSA) is 16.4 Å². The first-order valence-corrected chi connectivity index (χ1v) is 23.1. The van der Waals surface area contributed by atoms with Crippen molar-refractivity contribution < 1.29 is 4.42 Å². The van der Waals surface area contributed by atoms with Crippen molar-refractivity contribution in [2.24, 2.45) is 0 Å². The zero-order chi connectivity index (χ0) is 40.4. The molecule has 0 fully saturated rings. The minimum atomic E-state index is -0.118. The molecule has 2 nitrogen and oxygen atoms in total. The minimum Gasteiger partial charge on any atom is -0.456 e. The van der Waals surface area contributed by atoms with Gasteiger partial charge in [-0.15, -0.1) is 22.7 Å². The summed E-state index contributed by atoms with van der Waals surface area (Å²) in [6.07, 6.45) is 8.75. The molecule has 0 N–H and O–H groups in total. The van der Waals surface area contributed by atoms with E-state index in [4.69, 9.17) is 4.42 Å². The lowest BCUT2D eigenvalue weighted by molar-refractivity contribution is 0.528. The number of allylic oxidation sites excluding steroid dienone is 2. The number of thiophene rings is 2. The highest BCUT2D eigenvalue weighted by Gasteiger charge is 2.43. The number of hydrogen-bond donors (Lipinski definition) is 0. The van der Waals surface area contributed by atoms with E-state index in [0.29, 0.717) is 0 Å². The van der Waals surface area contributed by atoms with Gasteiger partial charge < -0.3 is 9.32 Å². The van der Waals surface area contributed by atoms with Gasteiger partial charge in [0.05, 0.1) is 0 Å². The fourth-order valence-electron chi connectivity index (χ4n) is 10.8. The number of fused-ring (bicyclic) bond motifs is 12. The molecule has 0 atom stereocenters. The Hall–Kier alpha value is -6.46. The van der Waals surface area contributed by atoms with Crippen LogP contribution in [0.25, 0.3) is 74.2 Å². The smallest absolute Gasteiger partial charge is 0.138 e. The van der Waals surface area contributed by atoms with E-state index in [1.54, 1.807) is 0 Å². The first kappa shape index (κ1) is 35.3. The van der Waals surface area contributed by atoms with Crippen molar-refractivity contribution in [3.8, 4) is 22.3 Å². The number of rotatable bonds is 5. The third-order valence-electron chi connectivity index (χ3n) is 13.8. The van der Waals surface area contributed by atoms with E-state index in [9.17, 15) is 0 Å². The van der Waals surface area contributed by atoms with Crippen LogP contribution in [0.3, 0.4) is 0 Å². The molecular formula is C57H41NOS2. The highest BCUT2D eigenvalue weighted by Crippen LogP contribution is 2.56. The molecule has 7 aromatic carbocycles. The van der Waals surface area contributed by atoms with Crippen LogP contribution in [0.5, 0.6) is 0 Å². The Morgan fingerprint density at radius 3 is 1.72 bits per heavy atom. The van der Waals surface area contributed by atoms with Gasteiger partial charge in [-0.25, -0.2) is 0 Å². The van der Waals surface area contributed by atoms with Gasteiger partial charge >= 0.3 is 0 Å². The molecule has 0 saturated carbocycles. The van der Waals surface area contributed by atoms with Crippen LogP contribution in [-0.4, -0.2) is 0 Å². The molecule has 0 bridgehead atoms. The Balaban J connectivity index is 0.937. The first-order valence-electron chi connectivity index (χ1n) is 21.5. The highest BCUT2D eigenvalue weighted by atomic mass is 32.1. The van der Waals surface area contributed by atoms with Gasteiger partial charge in [0.25, 0.3) is 0 Å². The Morgan fingerprint density at radius 2 is 1.10 bits per heavy atom. The maximum absolute atomic E-state index is 6.74. The lowest BCUT2D eigenvalue weighted by Gasteiger charge is -2.29. The van der Waals surface area contributed by atoms with Crippen molar-refractivity contribution in [2.45, 2.75) is 44.9 Å². The Labute approximate surface area is 363 Å². The molecule has 0 unspecified atom stereocenters. The lowest BCUT2D eigenvalue weighted by atomic mass is 9.76. The average Bonchev–Trinajstić information content (AvgIpc) is 4.05. The molecule has 0 aliphatic heterocycles. The first-order chi connectivity index (χ1) is 30.0. The van der Waals surface area contributed by atoms with Gasteiger partial charge in [0.2, 0.25) is 0 Å². The molecule has 3 heterocycles. The third-order valence-corrected chi connectivity index (χ3v) is 16.2. The molecule has 4 heteroatoms. The molecular weight excluding hydrogens is 779 g/mol. The number of benzene rings is 7.